The maximum atomic E-state index is 9.28. The molecule has 0 fully saturated rings. The first kappa shape index (κ1) is 19.6. The molecule has 2 aromatic heterocycles. The van der Waals surface area contributed by atoms with Crippen LogP contribution in [0.2, 0.25) is 0 Å². The second kappa shape index (κ2) is 7.81. The van der Waals surface area contributed by atoms with E-state index >= 15 is 0 Å². The maximum Gasteiger partial charge on any atom is 0.270 e. The van der Waals surface area contributed by atoms with Gasteiger partial charge in [-0.1, -0.05) is 55.1 Å². The molecule has 0 unspecified atom stereocenters. The van der Waals surface area contributed by atoms with Crippen molar-refractivity contribution in [3.63, 3.8) is 0 Å². The van der Waals surface area contributed by atoms with E-state index in [4.69, 9.17) is 6.57 Å². The molecule has 0 saturated heterocycles. The predicted molar refractivity (Wildman–Crippen MR) is 136 cm³/mol. The molecule has 156 valence electrons. The number of hydrogen-bond donors (Lipinski definition) is 0. The molecule has 0 N–H and O–H groups in total. The number of fused-ring (bicyclic) bond motifs is 6. The van der Waals surface area contributed by atoms with Crippen LogP contribution in [0.15, 0.2) is 97.3 Å². The predicted octanol–water partition coefficient (Wildman–Crippen LogP) is 7.69. The van der Waals surface area contributed by atoms with Crippen LogP contribution in [0.4, 0.5) is 5.82 Å². The lowest BCUT2D eigenvalue weighted by Crippen LogP contribution is -1.88. The Labute approximate surface area is 196 Å². The van der Waals surface area contributed by atoms with Crippen LogP contribution in [-0.2, 0) is 0 Å². The maximum absolute atomic E-state index is 9.28. The molecule has 0 radical (unpaired) electrons. The molecule has 0 amide bonds. The van der Waals surface area contributed by atoms with E-state index in [-0.39, 0.29) is 0 Å². The Morgan fingerprint density at radius 2 is 1.12 bits per heavy atom. The highest BCUT2D eigenvalue weighted by atomic mass is 14.8. The van der Waals surface area contributed by atoms with Crippen LogP contribution in [0.25, 0.3) is 59.4 Å². The quantitative estimate of drug-likeness (QED) is 0.208. The van der Waals surface area contributed by atoms with Crippen molar-refractivity contribution in [1.29, 1.82) is 5.26 Å². The Morgan fingerprint density at radius 1 is 0.588 bits per heavy atom. The van der Waals surface area contributed by atoms with E-state index in [1.165, 1.54) is 21.5 Å². The first-order chi connectivity index (χ1) is 16.7. The van der Waals surface area contributed by atoms with Gasteiger partial charge in [0.1, 0.15) is 18.0 Å². The van der Waals surface area contributed by atoms with Gasteiger partial charge in [0.15, 0.2) is 0 Å². The van der Waals surface area contributed by atoms with Gasteiger partial charge >= 0.3 is 0 Å². The summed E-state index contributed by atoms with van der Waals surface area (Å²) in [7, 11) is 0. The molecule has 0 aliphatic carbocycles. The Balaban J connectivity index is 1.69. The van der Waals surface area contributed by atoms with E-state index in [9.17, 15) is 5.26 Å². The zero-order valence-corrected chi connectivity index (χ0v) is 18.0. The molecule has 0 bridgehead atoms. The van der Waals surface area contributed by atoms with Gasteiger partial charge in [0.2, 0.25) is 0 Å². The second-order valence-electron chi connectivity index (χ2n) is 8.12. The lowest BCUT2D eigenvalue weighted by atomic mass is 9.90. The average molecular weight is 432 g/mol. The van der Waals surface area contributed by atoms with Crippen LogP contribution in [0.5, 0.6) is 0 Å². The van der Waals surface area contributed by atoms with E-state index in [0.717, 1.165) is 33.0 Å². The Hall–Kier alpha value is -5.06. The first-order valence-corrected chi connectivity index (χ1v) is 10.8. The van der Waals surface area contributed by atoms with Crippen LogP contribution < -0.4 is 0 Å². The number of nitriles is 1. The van der Waals surface area contributed by atoms with Gasteiger partial charge in [-0.3, -0.25) is 0 Å². The van der Waals surface area contributed by atoms with Crippen molar-refractivity contribution in [3.8, 4) is 28.3 Å². The molecule has 4 nitrogen and oxygen atoms in total. The fourth-order valence-corrected chi connectivity index (χ4v) is 4.65. The largest absolute Gasteiger partial charge is 0.361 e. The van der Waals surface area contributed by atoms with E-state index < -0.39 is 0 Å². The van der Waals surface area contributed by atoms with E-state index in [2.05, 4.69) is 81.5 Å². The van der Waals surface area contributed by atoms with Gasteiger partial charge in [-0.25, -0.2) is 4.98 Å². The third-order valence-electron chi connectivity index (χ3n) is 6.24. The highest BCUT2D eigenvalue weighted by Gasteiger charge is 2.12. The molecule has 0 aliphatic heterocycles. The minimum atomic E-state index is 0.384. The number of hydrogen-bond acceptors (Lipinski definition) is 3. The average Bonchev–Trinajstić information content (AvgIpc) is 2.92. The Kier molecular flexibility index (Phi) is 4.51. The molecule has 2 heterocycles. The number of aromatic nitrogens is 2. The topological polar surface area (TPSA) is 53.9 Å². The van der Waals surface area contributed by atoms with Gasteiger partial charge in [0.05, 0.1) is 0 Å². The summed E-state index contributed by atoms with van der Waals surface area (Å²) in [5, 5.41) is 16.3. The van der Waals surface area contributed by atoms with Crippen molar-refractivity contribution in [3.05, 3.63) is 114 Å². The van der Waals surface area contributed by atoms with Gasteiger partial charge in [-0.2, -0.15) is 5.26 Å². The molecule has 34 heavy (non-hydrogen) atoms. The lowest BCUT2D eigenvalue weighted by molar-refractivity contribution is 1.27. The van der Waals surface area contributed by atoms with E-state index in [1.54, 1.807) is 12.4 Å². The zero-order valence-electron chi connectivity index (χ0n) is 18.0. The van der Waals surface area contributed by atoms with Crippen molar-refractivity contribution in [2.24, 2.45) is 0 Å². The molecule has 0 spiro atoms. The fourth-order valence-electron chi connectivity index (χ4n) is 4.65. The van der Waals surface area contributed by atoms with Gasteiger partial charge in [0, 0.05) is 6.20 Å². The van der Waals surface area contributed by atoms with Gasteiger partial charge < -0.3 is 4.85 Å². The molecular formula is C30H16N4. The minimum absolute atomic E-state index is 0.384. The SMILES string of the molecule is [C-]#[N+]c1cc(-c2ccc3c4ccccc4c4ccc(-c5ccnc(C#N)c5)cc4c3c2)ccn1. The van der Waals surface area contributed by atoms with Crippen molar-refractivity contribution in [2.45, 2.75) is 0 Å². The molecule has 6 rings (SSSR count). The van der Waals surface area contributed by atoms with Crippen LogP contribution in [-0.4, -0.2) is 9.97 Å². The van der Waals surface area contributed by atoms with Gasteiger partial charge in [-0.15, -0.1) is 4.98 Å². The molecular weight excluding hydrogens is 416 g/mol. The highest BCUT2D eigenvalue weighted by molar-refractivity contribution is 6.26. The molecule has 4 aromatic carbocycles. The van der Waals surface area contributed by atoms with Crippen molar-refractivity contribution >= 4 is 38.1 Å². The van der Waals surface area contributed by atoms with Gasteiger partial charge in [0.25, 0.3) is 5.82 Å². The number of nitrogens with zero attached hydrogens (tertiary/aromatic N) is 4. The number of pyridine rings is 2. The molecule has 6 aromatic rings. The third kappa shape index (κ3) is 3.14. The van der Waals surface area contributed by atoms with Crippen LogP contribution >= 0.6 is 0 Å². The summed E-state index contributed by atoms with van der Waals surface area (Å²) in [6, 6.07) is 31.0. The summed E-state index contributed by atoms with van der Waals surface area (Å²) in [5.74, 6) is 0.384. The summed E-state index contributed by atoms with van der Waals surface area (Å²) in [5.41, 5.74) is 4.40. The Morgan fingerprint density at radius 3 is 1.71 bits per heavy atom. The first-order valence-electron chi connectivity index (χ1n) is 10.8. The normalized spacial score (nSPS) is 10.9. The smallest absolute Gasteiger partial charge is 0.270 e. The summed E-state index contributed by atoms with van der Waals surface area (Å²) < 4.78 is 0. The number of benzene rings is 4. The van der Waals surface area contributed by atoms with Crippen LogP contribution in [0.1, 0.15) is 5.69 Å². The molecule has 0 aliphatic rings. The van der Waals surface area contributed by atoms with E-state index in [1.807, 2.05) is 24.3 Å². The third-order valence-corrected chi connectivity index (χ3v) is 6.24. The highest BCUT2D eigenvalue weighted by Crippen LogP contribution is 2.39. The van der Waals surface area contributed by atoms with Crippen molar-refractivity contribution in [2.75, 3.05) is 0 Å². The Bertz CT molecular complexity index is 1700. The summed E-state index contributed by atoms with van der Waals surface area (Å²) in [6.45, 7) is 7.30. The standard InChI is InChI=1S/C30H16N4/c1-32-30-17-22(11-13-34-30)20-7-9-27-25-5-3-2-4-24(25)26-8-6-19(15-28(26)29(27)16-20)21-10-12-33-23(14-21)18-31/h2-17H. The monoisotopic (exact) mass is 432 g/mol. The summed E-state index contributed by atoms with van der Waals surface area (Å²) in [4.78, 5) is 11.7. The molecule has 4 heteroatoms. The number of rotatable bonds is 2. The fraction of sp³-hybridized carbons (Fsp3) is 0. The zero-order chi connectivity index (χ0) is 23.1. The minimum Gasteiger partial charge on any atom is -0.361 e. The van der Waals surface area contributed by atoms with Crippen LogP contribution in [0.3, 0.4) is 0 Å². The molecule has 0 atom stereocenters. The van der Waals surface area contributed by atoms with Gasteiger partial charge in [-0.05, 0) is 91.0 Å². The summed E-state index contributed by atoms with van der Waals surface area (Å²) in [6.07, 6.45) is 3.35. The summed E-state index contributed by atoms with van der Waals surface area (Å²) >= 11 is 0. The van der Waals surface area contributed by atoms with Crippen molar-refractivity contribution in [1.82, 2.24) is 9.97 Å². The lowest BCUT2D eigenvalue weighted by Gasteiger charge is -2.13. The van der Waals surface area contributed by atoms with E-state index in [0.29, 0.717) is 11.5 Å². The van der Waals surface area contributed by atoms with Crippen molar-refractivity contribution < 1.29 is 0 Å². The molecule has 0 saturated carbocycles. The second-order valence-corrected chi connectivity index (χ2v) is 8.12. The van der Waals surface area contributed by atoms with Crippen LogP contribution in [0, 0.1) is 17.9 Å².